The zero-order valence-corrected chi connectivity index (χ0v) is 21.7. The summed E-state index contributed by atoms with van der Waals surface area (Å²) in [7, 11) is 1.52. The van der Waals surface area contributed by atoms with Gasteiger partial charge in [-0.2, -0.15) is 0 Å². The highest BCUT2D eigenvalue weighted by atomic mass is 127. The van der Waals surface area contributed by atoms with E-state index in [9.17, 15) is 14.9 Å². The Bertz CT molecular complexity index is 1610. The number of methoxy groups -OCH3 is 1. The molecule has 0 atom stereocenters. The molecule has 0 saturated carbocycles. The smallest absolute Gasteiger partial charge is 0.363 e. The molecule has 0 unspecified atom stereocenters. The number of hydrogen-bond acceptors (Lipinski definition) is 7. The maximum Gasteiger partial charge on any atom is 0.363 e. The Morgan fingerprint density at radius 3 is 2.62 bits per heavy atom. The molecule has 9 heteroatoms. The molecule has 37 heavy (non-hydrogen) atoms. The van der Waals surface area contributed by atoms with E-state index in [1.807, 2.05) is 48.5 Å². The summed E-state index contributed by atoms with van der Waals surface area (Å²) in [5, 5.41) is 13.1. The second-order valence-corrected chi connectivity index (χ2v) is 9.31. The van der Waals surface area contributed by atoms with Crippen molar-refractivity contribution in [1.82, 2.24) is 0 Å². The predicted octanol–water partition coefficient (Wildman–Crippen LogP) is 6.28. The van der Waals surface area contributed by atoms with E-state index in [0.29, 0.717) is 28.2 Å². The zero-order valence-electron chi connectivity index (χ0n) is 19.5. The predicted molar refractivity (Wildman–Crippen MR) is 148 cm³/mol. The lowest BCUT2D eigenvalue weighted by molar-refractivity contribution is -0.384. The summed E-state index contributed by atoms with van der Waals surface area (Å²) in [6.07, 6.45) is 1.63. The van der Waals surface area contributed by atoms with Crippen LogP contribution in [0, 0.1) is 13.7 Å². The van der Waals surface area contributed by atoms with Gasteiger partial charge in [-0.05, 0) is 74.8 Å². The molecule has 0 aliphatic carbocycles. The van der Waals surface area contributed by atoms with E-state index in [0.717, 1.165) is 14.3 Å². The number of benzene rings is 4. The molecule has 1 aliphatic heterocycles. The van der Waals surface area contributed by atoms with Crippen molar-refractivity contribution in [2.45, 2.75) is 6.61 Å². The average Bonchev–Trinajstić information content (AvgIpc) is 3.27. The van der Waals surface area contributed by atoms with Gasteiger partial charge in [0.1, 0.15) is 6.61 Å². The van der Waals surface area contributed by atoms with E-state index in [-0.39, 0.29) is 23.9 Å². The van der Waals surface area contributed by atoms with E-state index in [1.165, 1.54) is 19.2 Å². The lowest BCUT2D eigenvalue weighted by Crippen LogP contribution is -2.05. The number of carbonyl (C=O) groups excluding carboxylic acids is 1. The Morgan fingerprint density at radius 1 is 1.03 bits per heavy atom. The molecule has 1 aliphatic rings. The van der Waals surface area contributed by atoms with Gasteiger partial charge in [0.15, 0.2) is 17.2 Å². The Hall–Kier alpha value is -4.25. The Kier molecular flexibility index (Phi) is 6.87. The van der Waals surface area contributed by atoms with Crippen molar-refractivity contribution >= 4 is 57.0 Å². The first kappa shape index (κ1) is 24.4. The second kappa shape index (κ2) is 10.4. The van der Waals surface area contributed by atoms with Crippen LogP contribution in [0.1, 0.15) is 16.7 Å². The maximum absolute atomic E-state index is 12.6. The fraction of sp³-hybridized carbons (Fsp3) is 0.0714. The summed E-state index contributed by atoms with van der Waals surface area (Å²) in [5.41, 5.74) is 2.22. The van der Waals surface area contributed by atoms with Crippen LogP contribution in [0.5, 0.6) is 11.5 Å². The molecule has 8 nitrogen and oxygen atoms in total. The Morgan fingerprint density at radius 2 is 1.84 bits per heavy atom. The molecule has 4 aromatic rings. The van der Waals surface area contributed by atoms with Crippen molar-refractivity contribution in [3.8, 4) is 11.5 Å². The van der Waals surface area contributed by atoms with Crippen molar-refractivity contribution in [2.75, 3.05) is 7.11 Å². The van der Waals surface area contributed by atoms with Gasteiger partial charge in [0.25, 0.3) is 5.69 Å². The van der Waals surface area contributed by atoms with E-state index >= 15 is 0 Å². The van der Waals surface area contributed by atoms with Gasteiger partial charge in [-0.25, -0.2) is 9.79 Å². The molecular formula is C28H19IN2O6. The minimum absolute atomic E-state index is 0.00296. The summed E-state index contributed by atoms with van der Waals surface area (Å²) in [4.78, 5) is 27.6. The third-order valence-corrected chi connectivity index (χ3v) is 6.48. The number of rotatable bonds is 7. The second-order valence-electron chi connectivity index (χ2n) is 8.15. The highest BCUT2D eigenvalue weighted by Crippen LogP contribution is 2.36. The topological polar surface area (TPSA) is 100 Å². The summed E-state index contributed by atoms with van der Waals surface area (Å²) in [6.45, 7) is 0.125. The Balaban J connectivity index is 1.39. The molecule has 0 bridgehead atoms. The number of esters is 1. The zero-order chi connectivity index (χ0) is 25.9. The number of nitrogens with zero attached hydrogens (tertiary/aromatic N) is 2. The minimum atomic E-state index is -0.539. The molecule has 0 spiro atoms. The number of fused-ring (bicyclic) bond motifs is 1. The summed E-state index contributed by atoms with van der Waals surface area (Å²) < 4.78 is 17.6. The van der Waals surface area contributed by atoms with E-state index in [4.69, 9.17) is 14.2 Å². The highest BCUT2D eigenvalue weighted by molar-refractivity contribution is 14.1. The summed E-state index contributed by atoms with van der Waals surface area (Å²) >= 11 is 2.11. The molecule has 0 fully saturated rings. The number of aliphatic imine (C=N–C) groups is 1. The molecule has 0 radical (unpaired) electrons. The lowest BCUT2D eigenvalue weighted by Gasteiger charge is -2.13. The number of carbonyl (C=O) groups is 1. The molecule has 0 amide bonds. The maximum atomic E-state index is 12.6. The van der Waals surface area contributed by atoms with Gasteiger partial charge < -0.3 is 14.2 Å². The van der Waals surface area contributed by atoms with Crippen LogP contribution in [0.4, 0.5) is 5.69 Å². The van der Waals surface area contributed by atoms with Crippen LogP contribution in [0.3, 0.4) is 0 Å². The number of hydrogen-bond donors (Lipinski definition) is 0. The number of halogens is 1. The van der Waals surface area contributed by atoms with Crippen LogP contribution >= 0.6 is 22.6 Å². The quantitative estimate of drug-likeness (QED) is 0.0807. The van der Waals surface area contributed by atoms with Crippen LogP contribution < -0.4 is 9.47 Å². The lowest BCUT2D eigenvalue weighted by atomic mass is 10.1. The first-order chi connectivity index (χ1) is 17.9. The van der Waals surface area contributed by atoms with E-state index < -0.39 is 10.9 Å². The van der Waals surface area contributed by atoms with Gasteiger partial charge in [-0.1, -0.05) is 42.5 Å². The number of nitro benzene ring substituents is 1. The molecule has 0 N–H and O–H groups in total. The molecule has 1 heterocycles. The third-order valence-electron chi connectivity index (χ3n) is 5.68. The first-order valence-corrected chi connectivity index (χ1v) is 12.2. The van der Waals surface area contributed by atoms with E-state index in [1.54, 1.807) is 24.3 Å². The molecule has 0 aromatic heterocycles. The van der Waals surface area contributed by atoms with Gasteiger partial charge in [-0.3, -0.25) is 10.1 Å². The molecule has 5 rings (SSSR count). The van der Waals surface area contributed by atoms with Gasteiger partial charge in [0.05, 0.1) is 15.6 Å². The van der Waals surface area contributed by atoms with Crippen molar-refractivity contribution in [1.29, 1.82) is 0 Å². The molecular weight excluding hydrogens is 587 g/mol. The fourth-order valence-electron chi connectivity index (χ4n) is 3.89. The van der Waals surface area contributed by atoms with Crippen molar-refractivity contribution in [2.24, 2.45) is 4.99 Å². The van der Waals surface area contributed by atoms with Gasteiger partial charge in [0.2, 0.25) is 5.90 Å². The molecule has 4 aromatic carbocycles. The van der Waals surface area contributed by atoms with Gasteiger partial charge in [-0.15, -0.1) is 0 Å². The largest absolute Gasteiger partial charge is 0.493 e. The highest BCUT2D eigenvalue weighted by Gasteiger charge is 2.25. The number of nitro groups is 1. The number of non-ortho nitro benzene ring substituents is 1. The summed E-state index contributed by atoms with van der Waals surface area (Å²) in [6, 6.07) is 23.5. The van der Waals surface area contributed by atoms with Crippen molar-refractivity contribution in [3.05, 3.63) is 115 Å². The van der Waals surface area contributed by atoms with Gasteiger partial charge >= 0.3 is 5.97 Å². The standard InChI is InChI=1S/C28H19IN2O6/c1-35-25-14-18(12-23(29)26(25)36-16-17-5-4-8-22(11-17)31(33)34)13-24-28(32)37-27(30-24)21-10-9-19-6-2-3-7-20(19)15-21/h2-15H,16H2,1H3/b24-13-. The first-order valence-electron chi connectivity index (χ1n) is 11.2. The third kappa shape index (κ3) is 5.31. The fourth-order valence-corrected chi connectivity index (χ4v) is 4.67. The van der Waals surface area contributed by atoms with Crippen molar-refractivity contribution < 1.29 is 23.9 Å². The van der Waals surface area contributed by atoms with Crippen LogP contribution in [0.15, 0.2) is 89.6 Å². The monoisotopic (exact) mass is 606 g/mol. The SMILES string of the molecule is COc1cc(/C=C2\N=C(c3ccc4ccccc4c3)OC2=O)cc(I)c1OCc1cccc([N+](=O)[O-])c1. The summed E-state index contributed by atoms with van der Waals surface area (Å²) in [5.74, 6) is 0.657. The minimum Gasteiger partial charge on any atom is -0.493 e. The van der Waals surface area contributed by atoms with Crippen molar-refractivity contribution in [3.63, 3.8) is 0 Å². The van der Waals surface area contributed by atoms with E-state index in [2.05, 4.69) is 27.6 Å². The molecule has 184 valence electrons. The van der Waals surface area contributed by atoms with Crippen LogP contribution in [0.2, 0.25) is 0 Å². The number of cyclic esters (lactones) is 1. The number of ether oxygens (including phenoxy) is 3. The van der Waals surface area contributed by atoms with Crippen LogP contribution in [-0.2, 0) is 16.1 Å². The van der Waals surface area contributed by atoms with Crippen LogP contribution in [0.25, 0.3) is 16.8 Å². The van der Waals surface area contributed by atoms with Gasteiger partial charge in [0, 0.05) is 17.7 Å². The normalized spacial score (nSPS) is 13.9. The molecule has 0 saturated heterocycles. The van der Waals surface area contributed by atoms with Crippen LogP contribution in [-0.4, -0.2) is 23.9 Å². The Labute approximate surface area is 225 Å². The average molecular weight is 606 g/mol.